The first-order chi connectivity index (χ1) is 18.1. The maximum atomic E-state index is 13.9. The highest BCUT2D eigenvalue weighted by Crippen LogP contribution is 2.29. The number of methoxy groups -OCH3 is 1. The first-order valence-electron chi connectivity index (χ1n) is 12.4. The zero-order chi connectivity index (χ0) is 27.9. The summed E-state index contributed by atoms with van der Waals surface area (Å²) in [6.45, 7) is 7.21. The van der Waals surface area contributed by atoms with Crippen LogP contribution in [-0.2, 0) is 26.2 Å². The first kappa shape index (κ1) is 28.7. The monoisotopic (exact) mass is 537 g/mol. The number of hydrogen-bond donors (Lipinski definition) is 1. The van der Waals surface area contributed by atoms with Gasteiger partial charge in [-0.2, -0.15) is 0 Å². The zero-order valence-electron chi connectivity index (χ0n) is 22.5. The van der Waals surface area contributed by atoms with Crippen LogP contribution in [0.1, 0.15) is 30.5 Å². The van der Waals surface area contributed by atoms with E-state index in [0.717, 1.165) is 21.0 Å². The number of carbonyl (C=O) groups excluding carboxylic acids is 2. The topological polar surface area (TPSA) is 96.0 Å². The van der Waals surface area contributed by atoms with Gasteiger partial charge in [0.05, 0.1) is 17.7 Å². The Balaban J connectivity index is 2.05. The predicted octanol–water partition coefficient (Wildman–Crippen LogP) is 4.06. The van der Waals surface area contributed by atoms with Gasteiger partial charge in [-0.1, -0.05) is 42.5 Å². The minimum atomic E-state index is -4.09. The second-order valence-electron chi connectivity index (χ2n) is 8.98. The molecule has 1 atom stereocenters. The number of ether oxygens (including phenoxy) is 1. The summed E-state index contributed by atoms with van der Waals surface area (Å²) in [4.78, 5) is 28.2. The molecule has 0 aliphatic heterocycles. The summed E-state index contributed by atoms with van der Waals surface area (Å²) in [7, 11) is -2.52. The summed E-state index contributed by atoms with van der Waals surface area (Å²) < 4.78 is 34.1. The summed E-state index contributed by atoms with van der Waals surface area (Å²) in [6, 6.07) is 19.7. The van der Waals surface area contributed by atoms with Crippen LogP contribution in [0.4, 0.5) is 5.69 Å². The quantitative estimate of drug-likeness (QED) is 0.398. The van der Waals surface area contributed by atoms with Crippen LogP contribution < -0.4 is 14.4 Å². The Morgan fingerprint density at radius 2 is 1.61 bits per heavy atom. The van der Waals surface area contributed by atoms with Gasteiger partial charge < -0.3 is 15.0 Å². The number of amides is 2. The van der Waals surface area contributed by atoms with Gasteiger partial charge >= 0.3 is 0 Å². The third-order valence-corrected chi connectivity index (χ3v) is 8.26. The van der Waals surface area contributed by atoms with E-state index in [9.17, 15) is 18.0 Å². The average Bonchev–Trinajstić information content (AvgIpc) is 2.92. The molecule has 38 heavy (non-hydrogen) atoms. The molecule has 1 N–H and O–H groups in total. The Hall–Kier alpha value is -3.85. The highest BCUT2D eigenvalue weighted by atomic mass is 32.2. The van der Waals surface area contributed by atoms with Crippen LogP contribution >= 0.6 is 0 Å². The molecule has 0 unspecified atom stereocenters. The van der Waals surface area contributed by atoms with Crippen molar-refractivity contribution in [3.05, 3.63) is 89.5 Å². The van der Waals surface area contributed by atoms with E-state index in [0.29, 0.717) is 18.0 Å². The lowest BCUT2D eigenvalue weighted by atomic mass is 10.1. The van der Waals surface area contributed by atoms with Crippen molar-refractivity contribution in [2.45, 2.75) is 45.2 Å². The van der Waals surface area contributed by atoms with Crippen molar-refractivity contribution in [3.63, 3.8) is 0 Å². The number of rotatable bonds is 11. The third-order valence-electron chi connectivity index (χ3n) is 6.49. The van der Waals surface area contributed by atoms with Gasteiger partial charge in [-0.15, -0.1) is 0 Å². The van der Waals surface area contributed by atoms with Crippen LogP contribution in [0.25, 0.3) is 0 Å². The molecule has 0 radical (unpaired) electrons. The number of anilines is 1. The van der Waals surface area contributed by atoms with Crippen molar-refractivity contribution < 1.29 is 22.7 Å². The van der Waals surface area contributed by atoms with Crippen molar-refractivity contribution in [2.24, 2.45) is 0 Å². The molecular weight excluding hydrogens is 502 g/mol. The minimum Gasteiger partial charge on any atom is -0.497 e. The molecule has 3 aromatic carbocycles. The summed E-state index contributed by atoms with van der Waals surface area (Å²) in [5, 5.41) is 2.76. The van der Waals surface area contributed by atoms with Gasteiger partial charge in [0, 0.05) is 13.1 Å². The highest BCUT2D eigenvalue weighted by molar-refractivity contribution is 7.92. The maximum absolute atomic E-state index is 13.9. The van der Waals surface area contributed by atoms with Crippen LogP contribution in [-0.4, -0.2) is 51.4 Å². The van der Waals surface area contributed by atoms with E-state index in [1.54, 1.807) is 63.4 Å². The van der Waals surface area contributed by atoms with Crippen molar-refractivity contribution in [2.75, 3.05) is 24.5 Å². The van der Waals surface area contributed by atoms with E-state index in [2.05, 4.69) is 5.32 Å². The Labute approximate surface area is 225 Å². The minimum absolute atomic E-state index is 0.0761. The van der Waals surface area contributed by atoms with E-state index in [-0.39, 0.29) is 17.3 Å². The Bertz CT molecular complexity index is 1360. The van der Waals surface area contributed by atoms with Gasteiger partial charge in [-0.3, -0.25) is 13.9 Å². The lowest BCUT2D eigenvalue weighted by Gasteiger charge is -2.32. The molecule has 0 saturated carbocycles. The molecular formula is C29H35N3O5S. The van der Waals surface area contributed by atoms with Gasteiger partial charge in [-0.25, -0.2) is 8.42 Å². The molecule has 0 aliphatic carbocycles. The molecule has 0 bridgehead atoms. The standard InChI is InChI=1S/C29H35N3O5S/c1-6-30-29(34)23(4)31(19-24-15-17-25(37-5)18-16-24)28(33)20-32(27-14-10-11-21(2)22(27)3)38(35,36)26-12-8-7-9-13-26/h7-18,23H,6,19-20H2,1-5H3,(H,30,34)/t23-/m0/s1. The Kier molecular flexibility index (Phi) is 9.52. The highest BCUT2D eigenvalue weighted by Gasteiger charge is 2.33. The number of benzene rings is 3. The number of hydrogen-bond acceptors (Lipinski definition) is 5. The number of likely N-dealkylation sites (N-methyl/N-ethyl adjacent to an activating group) is 1. The first-order valence-corrected chi connectivity index (χ1v) is 13.9. The van der Waals surface area contributed by atoms with Gasteiger partial charge in [-0.05, 0) is 74.7 Å². The molecule has 3 aromatic rings. The molecule has 202 valence electrons. The predicted molar refractivity (Wildman–Crippen MR) is 149 cm³/mol. The van der Waals surface area contributed by atoms with E-state index in [1.165, 1.54) is 17.0 Å². The molecule has 0 fully saturated rings. The van der Waals surface area contributed by atoms with Crippen molar-refractivity contribution in [3.8, 4) is 5.75 Å². The fraction of sp³-hybridized carbons (Fsp3) is 0.310. The fourth-order valence-electron chi connectivity index (χ4n) is 4.07. The molecule has 9 heteroatoms. The number of carbonyl (C=O) groups is 2. The molecule has 2 amide bonds. The smallest absolute Gasteiger partial charge is 0.264 e. The van der Waals surface area contributed by atoms with Gasteiger partial charge in [0.15, 0.2) is 0 Å². The fourth-order valence-corrected chi connectivity index (χ4v) is 5.56. The van der Waals surface area contributed by atoms with E-state index in [4.69, 9.17) is 4.74 Å². The van der Waals surface area contributed by atoms with Gasteiger partial charge in [0.2, 0.25) is 11.8 Å². The number of nitrogens with zero attached hydrogens (tertiary/aromatic N) is 2. The lowest BCUT2D eigenvalue weighted by molar-refractivity contribution is -0.139. The molecule has 0 heterocycles. The number of aryl methyl sites for hydroxylation is 1. The molecule has 0 aliphatic rings. The molecule has 0 aromatic heterocycles. The Morgan fingerprint density at radius 1 is 0.947 bits per heavy atom. The summed E-state index contributed by atoms with van der Waals surface area (Å²) in [5.41, 5.74) is 2.84. The summed E-state index contributed by atoms with van der Waals surface area (Å²) in [6.07, 6.45) is 0. The van der Waals surface area contributed by atoms with Crippen LogP contribution in [0.2, 0.25) is 0 Å². The van der Waals surface area contributed by atoms with Crippen LogP contribution in [0.5, 0.6) is 5.75 Å². The molecule has 8 nitrogen and oxygen atoms in total. The summed E-state index contributed by atoms with van der Waals surface area (Å²) in [5.74, 6) is -0.156. The zero-order valence-corrected chi connectivity index (χ0v) is 23.3. The van der Waals surface area contributed by atoms with Crippen LogP contribution in [0.3, 0.4) is 0 Å². The second kappa shape index (κ2) is 12.6. The maximum Gasteiger partial charge on any atom is 0.264 e. The molecule has 0 spiro atoms. The van der Waals surface area contributed by atoms with Crippen molar-refractivity contribution in [1.29, 1.82) is 0 Å². The molecule has 0 saturated heterocycles. The van der Waals surface area contributed by atoms with Crippen molar-refractivity contribution >= 4 is 27.5 Å². The normalized spacial score (nSPS) is 11.9. The van der Waals surface area contributed by atoms with E-state index < -0.39 is 28.5 Å². The Morgan fingerprint density at radius 3 is 2.21 bits per heavy atom. The van der Waals surface area contributed by atoms with E-state index >= 15 is 0 Å². The van der Waals surface area contributed by atoms with Gasteiger partial charge in [0.25, 0.3) is 10.0 Å². The SMILES string of the molecule is CCNC(=O)[C@H](C)N(Cc1ccc(OC)cc1)C(=O)CN(c1cccc(C)c1C)S(=O)(=O)c1ccccc1. The number of sulfonamides is 1. The second-order valence-corrected chi connectivity index (χ2v) is 10.8. The summed E-state index contributed by atoms with van der Waals surface area (Å²) >= 11 is 0. The number of nitrogens with one attached hydrogen (secondary N) is 1. The van der Waals surface area contributed by atoms with Crippen molar-refractivity contribution in [1.82, 2.24) is 10.2 Å². The largest absolute Gasteiger partial charge is 0.497 e. The molecule has 3 rings (SSSR count). The third kappa shape index (κ3) is 6.52. The van der Waals surface area contributed by atoms with Crippen LogP contribution in [0.15, 0.2) is 77.7 Å². The van der Waals surface area contributed by atoms with Crippen LogP contribution in [0, 0.1) is 13.8 Å². The van der Waals surface area contributed by atoms with Gasteiger partial charge in [0.1, 0.15) is 18.3 Å². The average molecular weight is 538 g/mol. The lowest BCUT2D eigenvalue weighted by Crippen LogP contribution is -2.51. The van der Waals surface area contributed by atoms with E-state index in [1.807, 2.05) is 32.0 Å².